The van der Waals surface area contributed by atoms with Crippen molar-refractivity contribution in [3.63, 3.8) is 0 Å². The second kappa shape index (κ2) is 20.1. The van der Waals surface area contributed by atoms with Crippen LogP contribution in [0.25, 0.3) is 6.08 Å². The summed E-state index contributed by atoms with van der Waals surface area (Å²) in [5.74, 6) is -0.857. The number of aromatic nitrogens is 2. The van der Waals surface area contributed by atoms with E-state index in [0.29, 0.717) is 31.6 Å². The highest BCUT2D eigenvalue weighted by Gasteiger charge is 2.40. The van der Waals surface area contributed by atoms with E-state index in [1.807, 2.05) is 76.3 Å². The first-order valence-corrected chi connectivity index (χ1v) is 18.7. The minimum atomic E-state index is -0.942. The van der Waals surface area contributed by atoms with E-state index < -0.39 is 47.2 Å². The number of cyclic esters (lactones) is 2. The minimum Gasteiger partial charge on any atom is -0.457 e. The number of allylic oxidation sites excluding steroid dienone is 7. The van der Waals surface area contributed by atoms with Crippen molar-refractivity contribution in [1.29, 1.82) is 0 Å². The van der Waals surface area contributed by atoms with Gasteiger partial charge in [0.15, 0.2) is 17.3 Å². The monoisotopic (exact) mass is 758 g/mol. The zero-order chi connectivity index (χ0) is 40.0. The number of aliphatic hydroxyl groups excluding tert-OH is 1. The molecule has 2 aliphatic rings. The second-order valence-corrected chi connectivity index (χ2v) is 14.6. The smallest absolute Gasteiger partial charge is 0.360 e. The number of carbonyl (C=O) groups is 3. The third-order valence-corrected chi connectivity index (χ3v) is 9.67. The third kappa shape index (κ3) is 12.3. The number of fused-ring (bicyclic) bond motifs is 5. The SMILES string of the molecule is C/C=C/C(O)C(C)(C)C1C/C=C\C2OC2/C=C/C=C\c2nc(co2)C(=O)OC(C(C)(C)C(=O)CCC)C\C=C/C=C\C=C\C(OC)Cc2nc(co2)C(=O)O1. The summed E-state index contributed by atoms with van der Waals surface area (Å²) < 4.78 is 34.3. The molecule has 55 heavy (non-hydrogen) atoms. The Labute approximate surface area is 323 Å². The molecule has 0 saturated carbocycles. The largest absolute Gasteiger partial charge is 0.457 e. The lowest BCUT2D eigenvalue weighted by Crippen LogP contribution is -2.42. The number of hydrogen-bond donors (Lipinski definition) is 1. The van der Waals surface area contributed by atoms with Gasteiger partial charge < -0.3 is 32.9 Å². The molecule has 2 aromatic rings. The lowest BCUT2D eigenvalue weighted by Gasteiger charge is -2.36. The Balaban J connectivity index is 1.58. The fourth-order valence-corrected chi connectivity index (χ4v) is 5.77. The molecule has 2 aromatic heterocycles. The maximum atomic E-state index is 13.3. The molecule has 4 heterocycles. The minimum absolute atomic E-state index is 0.00140. The molecule has 4 bridgehead atoms. The summed E-state index contributed by atoms with van der Waals surface area (Å²) in [5, 5.41) is 10.9. The molecule has 296 valence electrons. The molecule has 2 aliphatic heterocycles. The number of rotatable bonds is 8. The van der Waals surface area contributed by atoms with Crippen LogP contribution in [-0.4, -0.2) is 76.5 Å². The van der Waals surface area contributed by atoms with Crippen molar-refractivity contribution in [1.82, 2.24) is 9.97 Å². The lowest BCUT2D eigenvalue weighted by molar-refractivity contribution is -0.133. The summed E-state index contributed by atoms with van der Waals surface area (Å²) in [5.41, 5.74) is -1.78. The first-order valence-electron chi connectivity index (χ1n) is 18.7. The summed E-state index contributed by atoms with van der Waals surface area (Å²) in [7, 11) is 1.56. The van der Waals surface area contributed by atoms with Gasteiger partial charge in [-0.2, -0.15) is 0 Å². The highest BCUT2D eigenvalue weighted by molar-refractivity contribution is 5.89. The Kier molecular flexibility index (Phi) is 15.7. The number of nitrogens with zero attached hydrogens (tertiary/aromatic N) is 2. The van der Waals surface area contributed by atoms with E-state index in [0.717, 1.165) is 0 Å². The number of epoxide rings is 1. The Hall–Kier alpha value is -4.91. The predicted octanol–water partition coefficient (Wildman–Crippen LogP) is 7.69. The molecular weight excluding hydrogens is 704 g/mol. The van der Waals surface area contributed by atoms with Gasteiger partial charge in [-0.15, -0.1) is 0 Å². The number of aliphatic hydroxyl groups is 1. The Morgan fingerprint density at radius 3 is 2.27 bits per heavy atom. The van der Waals surface area contributed by atoms with E-state index in [1.54, 1.807) is 57.4 Å². The maximum Gasteiger partial charge on any atom is 0.360 e. The third-order valence-electron chi connectivity index (χ3n) is 9.67. The van der Waals surface area contributed by atoms with Gasteiger partial charge in [0.2, 0.25) is 5.89 Å². The molecule has 0 spiro atoms. The van der Waals surface area contributed by atoms with Crippen molar-refractivity contribution in [3.05, 3.63) is 115 Å². The van der Waals surface area contributed by atoms with Crippen molar-refractivity contribution < 1.29 is 47.3 Å². The number of ether oxygens (including phenoxy) is 4. The van der Waals surface area contributed by atoms with Gasteiger partial charge in [-0.1, -0.05) is 99.8 Å². The summed E-state index contributed by atoms with van der Waals surface area (Å²) in [4.78, 5) is 48.2. The number of oxazole rings is 2. The molecule has 12 heteroatoms. The fraction of sp³-hybridized carbons (Fsp3) is 0.465. The number of ketones is 1. The highest BCUT2D eigenvalue weighted by Crippen LogP contribution is 2.33. The van der Waals surface area contributed by atoms with Crippen LogP contribution >= 0.6 is 0 Å². The van der Waals surface area contributed by atoms with Gasteiger partial charge in [-0.05, 0) is 27.2 Å². The average Bonchev–Trinajstić information content (AvgIpc) is 3.47. The van der Waals surface area contributed by atoms with Gasteiger partial charge >= 0.3 is 11.9 Å². The predicted molar refractivity (Wildman–Crippen MR) is 207 cm³/mol. The number of esters is 2. The second-order valence-electron chi connectivity index (χ2n) is 14.6. The quantitative estimate of drug-likeness (QED) is 0.159. The van der Waals surface area contributed by atoms with E-state index in [4.69, 9.17) is 27.8 Å². The summed E-state index contributed by atoms with van der Waals surface area (Å²) in [6.45, 7) is 11.0. The van der Waals surface area contributed by atoms with Crippen LogP contribution in [0, 0.1) is 10.8 Å². The van der Waals surface area contributed by atoms with Crippen LogP contribution in [0.3, 0.4) is 0 Å². The normalized spacial score (nSPS) is 27.5. The van der Waals surface area contributed by atoms with E-state index in [-0.39, 0.29) is 41.7 Å². The van der Waals surface area contributed by atoms with Crippen LogP contribution in [0.15, 0.2) is 100 Å². The summed E-state index contributed by atoms with van der Waals surface area (Å²) in [6, 6.07) is 0. The topological polar surface area (TPSA) is 164 Å². The van der Waals surface area contributed by atoms with Crippen molar-refractivity contribution in [3.8, 4) is 0 Å². The van der Waals surface area contributed by atoms with Gasteiger partial charge in [0, 0.05) is 37.9 Å². The molecule has 1 saturated heterocycles. The molecule has 6 atom stereocenters. The standard InChI is InChI=1S/C43H54N2O10/c1-8-18-34(46)42(3,4)36-23-14-12-10-11-13-20-29(50-7)26-39-45-31(28-52-39)41(49)55-37(43(5,6)35(47)19-9-2)24-17-22-33-32(53-33)21-15-16-25-38-44-30(27-51-38)40(48)54-36/h9-17,19-22,25,27-29,32-33,35-37,47H,8,18,23-24,26H2,1-7H3/b11-10-,14-12-,19-9+,20-13+,21-15+,22-17-,25-16-. The molecule has 12 nitrogen and oxygen atoms in total. The van der Waals surface area contributed by atoms with Crippen LogP contribution in [-0.2, 0) is 30.2 Å². The van der Waals surface area contributed by atoms with Crippen molar-refractivity contribution in [2.45, 2.75) is 110 Å². The van der Waals surface area contributed by atoms with Crippen molar-refractivity contribution in [2.75, 3.05) is 7.11 Å². The van der Waals surface area contributed by atoms with Gasteiger partial charge in [0.25, 0.3) is 0 Å². The van der Waals surface area contributed by atoms with Crippen LogP contribution in [0.5, 0.6) is 0 Å². The van der Waals surface area contributed by atoms with Crippen LogP contribution in [0.4, 0.5) is 0 Å². The van der Waals surface area contributed by atoms with E-state index in [9.17, 15) is 19.5 Å². The van der Waals surface area contributed by atoms with Gasteiger partial charge in [0.1, 0.15) is 42.7 Å². The number of Topliss-reactive ketones (excluding diaryl/α,β-unsaturated/α-hetero) is 1. The number of carbonyl (C=O) groups excluding carboxylic acids is 3. The average molecular weight is 759 g/mol. The Morgan fingerprint density at radius 1 is 0.891 bits per heavy atom. The number of methoxy groups -OCH3 is 1. The molecule has 1 fully saturated rings. The first-order chi connectivity index (χ1) is 26.3. The highest BCUT2D eigenvalue weighted by atomic mass is 16.6. The molecule has 1 N–H and O–H groups in total. The van der Waals surface area contributed by atoms with Gasteiger partial charge in [-0.3, -0.25) is 4.79 Å². The first kappa shape index (κ1) is 42.8. The molecule has 0 aromatic carbocycles. The molecule has 0 amide bonds. The van der Waals surface area contributed by atoms with E-state index >= 15 is 0 Å². The summed E-state index contributed by atoms with van der Waals surface area (Å²) in [6.07, 6.45) is 26.4. The Morgan fingerprint density at radius 2 is 1.55 bits per heavy atom. The van der Waals surface area contributed by atoms with Crippen LogP contribution in [0.1, 0.15) is 100.0 Å². The fourth-order valence-electron chi connectivity index (χ4n) is 5.77. The van der Waals surface area contributed by atoms with E-state index in [2.05, 4.69) is 9.97 Å². The van der Waals surface area contributed by atoms with Crippen molar-refractivity contribution >= 4 is 23.8 Å². The van der Waals surface area contributed by atoms with Gasteiger partial charge in [-0.25, -0.2) is 19.6 Å². The van der Waals surface area contributed by atoms with Crippen molar-refractivity contribution in [2.24, 2.45) is 10.8 Å². The Bertz CT molecular complexity index is 1800. The summed E-state index contributed by atoms with van der Waals surface area (Å²) >= 11 is 0. The van der Waals surface area contributed by atoms with Crippen LogP contribution in [0.2, 0.25) is 0 Å². The van der Waals surface area contributed by atoms with Crippen LogP contribution < -0.4 is 0 Å². The zero-order valence-corrected chi connectivity index (χ0v) is 32.8. The molecule has 0 aliphatic carbocycles. The maximum absolute atomic E-state index is 13.3. The molecule has 0 radical (unpaired) electrons. The zero-order valence-electron chi connectivity index (χ0n) is 32.8. The molecular formula is C43H54N2O10. The lowest BCUT2D eigenvalue weighted by atomic mass is 9.78. The van der Waals surface area contributed by atoms with Gasteiger partial charge in [0.05, 0.1) is 24.0 Å². The molecule has 4 rings (SSSR count). The number of hydrogen-bond acceptors (Lipinski definition) is 12. The molecule has 6 unspecified atom stereocenters. The van der Waals surface area contributed by atoms with E-state index in [1.165, 1.54) is 12.5 Å².